The molecule has 0 saturated carbocycles. The average Bonchev–Trinajstić information content (AvgIpc) is 2.91. The maximum Gasteiger partial charge on any atom is 0.256 e. The van der Waals surface area contributed by atoms with Crippen molar-refractivity contribution in [1.82, 2.24) is 14.8 Å². The molecule has 2 heterocycles. The number of morpholine rings is 1. The molecule has 1 aromatic carbocycles. The molecule has 1 N–H and O–H groups in total. The number of amides is 2. The summed E-state index contributed by atoms with van der Waals surface area (Å²) in [7, 11) is 3.50. The van der Waals surface area contributed by atoms with Crippen molar-refractivity contribution < 1.29 is 14.3 Å². The van der Waals surface area contributed by atoms with Gasteiger partial charge in [0.1, 0.15) is 0 Å². The lowest BCUT2D eigenvalue weighted by Crippen LogP contribution is -2.58. The van der Waals surface area contributed by atoms with Gasteiger partial charge in [-0.2, -0.15) is 0 Å². The number of hydrogen-bond donors (Lipinski definition) is 1. The molecule has 1 aliphatic heterocycles. The minimum Gasteiger partial charge on any atom is -0.362 e. The number of hydrogen-bond acceptors (Lipinski definition) is 3. The van der Waals surface area contributed by atoms with Crippen LogP contribution in [0.1, 0.15) is 17.3 Å². The standard InChI is InChI=1S/C17H21N3O3/c1-17(16(22)18-2)11-20(8-9-23-17)15(21)13-10-19(3)14-7-5-4-6-12(13)14/h4-7,10H,8-9,11H2,1-3H3,(H,18,22). The summed E-state index contributed by atoms with van der Waals surface area (Å²) in [6, 6.07) is 7.81. The Hall–Kier alpha value is -2.34. The molecule has 122 valence electrons. The summed E-state index contributed by atoms with van der Waals surface area (Å²) in [5.41, 5.74) is 0.662. The normalized spacial score (nSPS) is 21.4. The highest BCUT2D eigenvalue weighted by molar-refractivity contribution is 6.07. The van der Waals surface area contributed by atoms with Gasteiger partial charge in [-0.3, -0.25) is 9.59 Å². The van der Waals surface area contributed by atoms with Crippen LogP contribution in [0.4, 0.5) is 0 Å². The number of benzene rings is 1. The second kappa shape index (κ2) is 5.70. The molecule has 1 unspecified atom stereocenters. The SMILES string of the molecule is CNC(=O)C1(C)CN(C(=O)c2cn(C)c3ccccc23)CCO1. The molecule has 23 heavy (non-hydrogen) atoms. The van der Waals surface area contributed by atoms with E-state index in [0.29, 0.717) is 18.7 Å². The first kappa shape index (κ1) is 15.6. The third-order valence-corrected chi connectivity index (χ3v) is 4.40. The van der Waals surface area contributed by atoms with Crippen LogP contribution in [0.3, 0.4) is 0 Å². The molecule has 1 atom stereocenters. The maximum absolute atomic E-state index is 13.0. The van der Waals surface area contributed by atoms with E-state index in [1.54, 1.807) is 18.9 Å². The predicted molar refractivity (Wildman–Crippen MR) is 87.2 cm³/mol. The van der Waals surface area contributed by atoms with E-state index < -0.39 is 5.60 Å². The van der Waals surface area contributed by atoms with Gasteiger partial charge < -0.3 is 19.5 Å². The van der Waals surface area contributed by atoms with Crippen molar-refractivity contribution in [1.29, 1.82) is 0 Å². The van der Waals surface area contributed by atoms with Crippen LogP contribution in [0.15, 0.2) is 30.5 Å². The molecule has 1 aliphatic rings. The Morgan fingerprint density at radius 1 is 1.30 bits per heavy atom. The molecule has 6 nitrogen and oxygen atoms in total. The van der Waals surface area contributed by atoms with E-state index in [9.17, 15) is 9.59 Å². The first-order chi connectivity index (χ1) is 11.0. The molecule has 0 spiro atoms. The van der Waals surface area contributed by atoms with E-state index in [2.05, 4.69) is 5.32 Å². The highest BCUT2D eigenvalue weighted by atomic mass is 16.5. The number of fused-ring (bicyclic) bond motifs is 1. The second-order valence-electron chi connectivity index (χ2n) is 6.06. The van der Waals surface area contributed by atoms with Crippen LogP contribution in [-0.2, 0) is 16.6 Å². The molecule has 6 heteroatoms. The van der Waals surface area contributed by atoms with E-state index >= 15 is 0 Å². The Bertz CT molecular complexity index is 768. The minimum absolute atomic E-state index is 0.0692. The number of nitrogens with one attached hydrogen (secondary N) is 1. The van der Waals surface area contributed by atoms with Crippen LogP contribution < -0.4 is 5.32 Å². The first-order valence-electron chi connectivity index (χ1n) is 7.66. The van der Waals surface area contributed by atoms with Crippen molar-refractivity contribution >= 4 is 22.7 Å². The number of para-hydroxylation sites is 1. The van der Waals surface area contributed by atoms with Gasteiger partial charge >= 0.3 is 0 Å². The topological polar surface area (TPSA) is 63.6 Å². The molecule has 1 saturated heterocycles. The monoisotopic (exact) mass is 315 g/mol. The van der Waals surface area contributed by atoms with E-state index in [1.165, 1.54) is 0 Å². The zero-order chi connectivity index (χ0) is 16.6. The summed E-state index contributed by atoms with van der Waals surface area (Å²) in [4.78, 5) is 26.7. The van der Waals surface area contributed by atoms with Gasteiger partial charge in [-0.15, -0.1) is 0 Å². The van der Waals surface area contributed by atoms with Crippen molar-refractivity contribution in [3.05, 3.63) is 36.0 Å². The van der Waals surface area contributed by atoms with Crippen LogP contribution >= 0.6 is 0 Å². The Balaban J connectivity index is 1.92. The molecule has 0 bridgehead atoms. The van der Waals surface area contributed by atoms with Gasteiger partial charge in [0, 0.05) is 37.7 Å². The van der Waals surface area contributed by atoms with Crippen molar-refractivity contribution in [3.63, 3.8) is 0 Å². The third-order valence-electron chi connectivity index (χ3n) is 4.40. The Kier molecular flexibility index (Phi) is 3.85. The van der Waals surface area contributed by atoms with Crippen LogP contribution in [0, 0.1) is 0 Å². The van der Waals surface area contributed by atoms with E-state index in [1.807, 2.05) is 42.1 Å². The average molecular weight is 315 g/mol. The lowest BCUT2D eigenvalue weighted by Gasteiger charge is -2.39. The van der Waals surface area contributed by atoms with E-state index in [0.717, 1.165) is 10.9 Å². The summed E-state index contributed by atoms with van der Waals surface area (Å²) in [6.45, 7) is 2.79. The van der Waals surface area contributed by atoms with Gasteiger partial charge in [0.05, 0.1) is 18.7 Å². The number of carbonyl (C=O) groups excluding carboxylic acids is 2. The fourth-order valence-electron chi connectivity index (χ4n) is 3.13. The van der Waals surface area contributed by atoms with Gasteiger partial charge in [-0.25, -0.2) is 0 Å². The molecule has 3 rings (SSSR count). The predicted octanol–water partition coefficient (Wildman–Crippen LogP) is 1.16. The second-order valence-corrected chi connectivity index (χ2v) is 6.06. The fraction of sp³-hybridized carbons (Fsp3) is 0.412. The quantitative estimate of drug-likeness (QED) is 0.904. The molecular formula is C17H21N3O3. The summed E-state index contributed by atoms with van der Waals surface area (Å²) >= 11 is 0. The van der Waals surface area contributed by atoms with Crippen molar-refractivity contribution in [2.45, 2.75) is 12.5 Å². The Labute approximate surface area is 135 Å². The zero-order valence-electron chi connectivity index (χ0n) is 13.6. The number of carbonyl (C=O) groups is 2. The largest absolute Gasteiger partial charge is 0.362 e. The summed E-state index contributed by atoms with van der Waals surface area (Å²) in [5.74, 6) is -0.284. The summed E-state index contributed by atoms with van der Waals surface area (Å²) in [6.07, 6.45) is 1.85. The van der Waals surface area contributed by atoms with Crippen molar-refractivity contribution in [2.24, 2.45) is 7.05 Å². The van der Waals surface area contributed by atoms with Crippen LogP contribution in [0.2, 0.25) is 0 Å². The van der Waals surface area contributed by atoms with Gasteiger partial charge in [0.25, 0.3) is 11.8 Å². The molecule has 0 radical (unpaired) electrons. The molecule has 2 aromatic rings. The third kappa shape index (κ3) is 2.59. The summed E-state index contributed by atoms with van der Waals surface area (Å²) in [5, 5.41) is 3.53. The first-order valence-corrected chi connectivity index (χ1v) is 7.66. The lowest BCUT2D eigenvalue weighted by molar-refractivity contribution is -0.153. The minimum atomic E-state index is -1.01. The van der Waals surface area contributed by atoms with Crippen LogP contribution in [-0.4, -0.2) is 53.6 Å². The number of likely N-dealkylation sites (N-methyl/N-ethyl adjacent to an activating group) is 1. The van der Waals surface area contributed by atoms with Gasteiger partial charge in [-0.1, -0.05) is 18.2 Å². The van der Waals surface area contributed by atoms with E-state index in [-0.39, 0.29) is 18.4 Å². The van der Waals surface area contributed by atoms with Gasteiger partial charge in [0.15, 0.2) is 5.60 Å². The lowest BCUT2D eigenvalue weighted by atomic mass is 10.0. The van der Waals surface area contributed by atoms with Crippen LogP contribution in [0.25, 0.3) is 10.9 Å². The zero-order valence-corrected chi connectivity index (χ0v) is 13.6. The molecule has 0 aliphatic carbocycles. The van der Waals surface area contributed by atoms with Crippen molar-refractivity contribution in [2.75, 3.05) is 26.7 Å². The molecule has 1 fully saturated rings. The number of aromatic nitrogens is 1. The maximum atomic E-state index is 13.0. The van der Waals surface area contributed by atoms with Crippen molar-refractivity contribution in [3.8, 4) is 0 Å². The number of rotatable bonds is 2. The Morgan fingerprint density at radius 3 is 2.78 bits per heavy atom. The number of ether oxygens (including phenoxy) is 1. The van der Waals surface area contributed by atoms with Gasteiger partial charge in [-0.05, 0) is 13.0 Å². The smallest absolute Gasteiger partial charge is 0.256 e. The molecular weight excluding hydrogens is 294 g/mol. The summed E-state index contributed by atoms with van der Waals surface area (Å²) < 4.78 is 7.56. The highest BCUT2D eigenvalue weighted by Crippen LogP contribution is 2.24. The Morgan fingerprint density at radius 2 is 2.04 bits per heavy atom. The van der Waals surface area contributed by atoms with Gasteiger partial charge in [0.2, 0.25) is 0 Å². The highest BCUT2D eigenvalue weighted by Gasteiger charge is 2.40. The van der Waals surface area contributed by atoms with Crippen LogP contribution in [0.5, 0.6) is 0 Å². The molecule has 2 amide bonds. The fourth-order valence-corrected chi connectivity index (χ4v) is 3.13. The molecule has 1 aromatic heterocycles. The number of aryl methyl sites for hydroxylation is 1. The van der Waals surface area contributed by atoms with E-state index in [4.69, 9.17) is 4.74 Å². The number of nitrogens with zero attached hydrogens (tertiary/aromatic N) is 2.